The SMILES string of the molecule is CCCCOC(=O)N1CCC(CNC=O)CC1. The summed E-state index contributed by atoms with van der Waals surface area (Å²) < 4.78 is 5.15. The maximum Gasteiger partial charge on any atom is 0.409 e. The molecule has 0 radical (unpaired) electrons. The van der Waals surface area contributed by atoms with Crippen molar-refractivity contribution < 1.29 is 14.3 Å². The van der Waals surface area contributed by atoms with Gasteiger partial charge in [-0.2, -0.15) is 0 Å². The van der Waals surface area contributed by atoms with Crippen LogP contribution in [0.3, 0.4) is 0 Å². The molecule has 0 bridgehead atoms. The summed E-state index contributed by atoms with van der Waals surface area (Å²) >= 11 is 0. The van der Waals surface area contributed by atoms with Crippen LogP contribution in [0.25, 0.3) is 0 Å². The van der Waals surface area contributed by atoms with E-state index in [2.05, 4.69) is 12.2 Å². The largest absolute Gasteiger partial charge is 0.449 e. The molecule has 0 aromatic carbocycles. The molecule has 1 fully saturated rings. The summed E-state index contributed by atoms with van der Waals surface area (Å²) in [5.74, 6) is 0.486. The minimum Gasteiger partial charge on any atom is -0.449 e. The van der Waals surface area contributed by atoms with E-state index in [9.17, 15) is 9.59 Å². The number of rotatable bonds is 6. The van der Waals surface area contributed by atoms with E-state index in [4.69, 9.17) is 4.74 Å². The number of nitrogens with zero attached hydrogens (tertiary/aromatic N) is 1. The van der Waals surface area contributed by atoms with Crippen LogP contribution >= 0.6 is 0 Å². The molecule has 1 aliphatic rings. The van der Waals surface area contributed by atoms with E-state index in [1.54, 1.807) is 4.90 Å². The van der Waals surface area contributed by atoms with E-state index >= 15 is 0 Å². The van der Waals surface area contributed by atoms with E-state index in [1.807, 2.05) is 0 Å². The standard InChI is InChI=1S/C12H22N2O3/c1-2-3-8-17-12(16)14-6-4-11(5-7-14)9-13-10-15/h10-11H,2-9H2,1H3,(H,13,15). The van der Waals surface area contributed by atoms with Crippen LogP contribution in [0, 0.1) is 5.92 Å². The molecule has 0 saturated carbocycles. The van der Waals surface area contributed by atoms with Gasteiger partial charge < -0.3 is 15.0 Å². The van der Waals surface area contributed by atoms with Gasteiger partial charge in [-0.25, -0.2) is 4.79 Å². The summed E-state index contributed by atoms with van der Waals surface area (Å²) in [6, 6.07) is 0. The average Bonchev–Trinajstić information content (AvgIpc) is 2.37. The number of carbonyl (C=O) groups excluding carboxylic acids is 2. The smallest absolute Gasteiger partial charge is 0.409 e. The fraction of sp³-hybridized carbons (Fsp3) is 0.833. The predicted molar refractivity (Wildman–Crippen MR) is 64.6 cm³/mol. The van der Waals surface area contributed by atoms with Gasteiger partial charge in [0.05, 0.1) is 6.61 Å². The van der Waals surface area contributed by atoms with Crippen molar-refractivity contribution in [1.29, 1.82) is 0 Å². The van der Waals surface area contributed by atoms with Crippen LogP contribution < -0.4 is 5.32 Å². The lowest BCUT2D eigenvalue weighted by Crippen LogP contribution is -2.41. The molecule has 0 unspecified atom stereocenters. The molecule has 1 saturated heterocycles. The molecule has 5 nitrogen and oxygen atoms in total. The highest BCUT2D eigenvalue weighted by atomic mass is 16.6. The number of ether oxygens (including phenoxy) is 1. The fourth-order valence-corrected chi connectivity index (χ4v) is 1.93. The summed E-state index contributed by atoms with van der Waals surface area (Å²) in [4.78, 5) is 23.6. The first-order valence-corrected chi connectivity index (χ1v) is 6.36. The van der Waals surface area contributed by atoms with Gasteiger partial charge in [0.2, 0.25) is 6.41 Å². The van der Waals surface area contributed by atoms with Gasteiger partial charge in [-0.1, -0.05) is 13.3 Å². The number of hydrogen-bond donors (Lipinski definition) is 1. The van der Waals surface area contributed by atoms with Gasteiger partial charge >= 0.3 is 6.09 Å². The number of carbonyl (C=O) groups is 2. The van der Waals surface area contributed by atoms with Gasteiger partial charge in [-0.05, 0) is 25.2 Å². The number of nitrogens with one attached hydrogen (secondary N) is 1. The summed E-state index contributed by atoms with van der Waals surface area (Å²) in [6.07, 6.45) is 4.36. The molecule has 1 aliphatic heterocycles. The van der Waals surface area contributed by atoms with Gasteiger partial charge in [0.15, 0.2) is 0 Å². The molecule has 2 amide bonds. The van der Waals surface area contributed by atoms with E-state index < -0.39 is 0 Å². The Bertz CT molecular complexity index is 238. The summed E-state index contributed by atoms with van der Waals surface area (Å²) in [5.41, 5.74) is 0. The molecule has 0 aromatic rings. The molecule has 98 valence electrons. The zero-order valence-corrected chi connectivity index (χ0v) is 10.5. The van der Waals surface area contributed by atoms with Crippen molar-refractivity contribution in [2.24, 2.45) is 5.92 Å². The maximum absolute atomic E-state index is 11.6. The van der Waals surface area contributed by atoms with Crippen molar-refractivity contribution in [1.82, 2.24) is 10.2 Å². The van der Waals surface area contributed by atoms with Crippen LogP contribution in [-0.2, 0) is 9.53 Å². The number of hydrogen-bond acceptors (Lipinski definition) is 3. The zero-order valence-electron chi connectivity index (χ0n) is 10.5. The van der Waals surface area contributed by atoms with Crippen molar-refractivity contribution in [3.05, 3.63) is 0 Å². The zero-order chi connectivity index (χ0) is 12.5. The van der Waals surface area contributed by atoms with Gasteiger partial charge in [0.25, 0.3) is 0 Å². The predicted octanol–water partition coefficient (Wildman–Crippen LogP) is 1.38. The molecule has 5 heteroatoms. The first-order valence-electron chi connectivity index (χ1n) is 6.36. The molecule has 0 atom stereocenters. The van der Waals surface area contributed by atoms with Gasteiger partial charge in [0.1, 0.15) is 0 Å². The summed E-state index contributed by atoms with van der Waals surface area (Å²) in [6.45, 7) is 4.76. The topological polar surface area (TPSA) is 58.6 Å². The molecular formula is C12H22N2O3. The Labute approximate surface area is 102 Å². The first-order chi connectivity index (χ1) is 8.27. The van der Waals surface area contributed by atoms with Crippen LogP contribution in [0.4, 0.5) is 4.79 Å². The van der Waals surface area contributed by atoms with Gasteiger partial charge in [-0.3, -0.25) is 4.79 Å². The summed E-state index contributed by atoms with van der Waals surface area (Å²) in [7, 11) is 0. The number of piperidine rings is 1. The molecule has 0 aliphatic carbocycles. The monoisotopic (exact) mass is 242 g/mol. The number of likely N-dealkylation sites (tertiary alicyclic amines) is 1. The molecule has 0 spiro atoms. The van der Waals surface area contributed by atoms with Gasteiger partial charge in [0, 0.05) is 19.6 Å². The lowest BCUT2D eigenvalue weighted by atomic mass is 9.97. The van der Waals surface area contributed by atoms with E-state index in [0.717, 1.165) is 45.2 Å². The Morgan fingerprint density at radius 2 is 2.18 bits per heavy atom. The molecule has 1 rings (SSSR count). The van der Waals surface area contributed by atoms with Crippen molar-refractivity contribution in [2.45, 2.75) is 32.6 Å². The van der Waals surface area contributed by atoms with E-state index in [1.165, 1.54) is 0 Å². The van der Waals surface area contributed by atoms with Crippen LogP contribution in [0.5, 0.6) is 0 Å². The molecule has 1 heterocycles. The quantitative estimate of drug-likeness (QED) is 0.565. The lowest BCUT2D eigenvalue weighted by molar-refractivity contribution is -0.109. The maximum atomic E-state index is 11.6. The number of unbranched alkanes of at least 4 members (excludes halogenated alkanes) is 1. The van der Waals surface area contributed by atoms with Crippen LogP contribution in [0.15, 0.2) is 0 Å². The van der Waals surface area contributed by atoms with Crippen molar-refractivity contribution in [3.63, 3.8) is 0 Å². The highest BCUT2D eigenvalue weighted by Crippen LogP contribution is 2.16. The molecule has 1 N–H and O–H groups in total. The fourth-order valence-electron chi connectivity index (χ4n) is 1.93. The minimum absolute atomic E-state index is 0.194. The third-order valence-corrected chi connectivity index (χ3v) is 3.09. The molecule has 0 aromatic heterocycles. The highest BCUT2D eigenvalue weighted by Gasteiger charge is 2.23. The second-order valence-electron chi connectivity index (χ2n) is 4.42. The Hall–Kier alpha value is -1.26. The summed E-state index contributed by atoms with van der Waals surface area (Å²) in [5, 5.41) is 2.69. The van der Waals surface area contributed by atoms with Crippen molar-refractivity contribution >= 4 is 12.5 Å². The highest BCUT2D eigenvalue weighted by molar-refractivity contribution is 5.67. The van der Waals surface area contributed by atoms with Crippen LogP contribution in [0.1, 0.15) is 32.6 Å². The van der Waals surface area contributed by atoms with Gasteiger partial charge in [-0.15, -0.1) is 0 Å². The van der Waals surface area contributed by atoms with Crippen LogP contribution in [0.2, 0.25) is 0 Å². The van der Waals surface area contributed by atoms with Crippen molar-refractivity contribution in [3.8, 4) is 0 Å². The van der Waals surface area contributed by atoms with Crippen molar-refractivity contribution in [2.75, 3.05) is 26.2 Å². The Kier molecular flexibility index (Phi) is 6.43. The van der Waals surface area contributed by atoms with E-state index in [0.29, 0.717) is 19.1 Å². The molecule has 17 heavy (non-hydrogen) atoms. The molecular weight excluding hydrogens is 220 g/mol. The van der Waals surface area contributed by atoms with E-state index in [-0.39, 0.29) is 6.09 Å². The van der Waals surface area contributed by atoms with Crippen LogP contribution in [-0.4, -0.2) is 43.6 Å². The average molecular weight is 242 g/mol. The number of amides is 2. The normalized spacial score (nSPS) is 16.6. The second-order valence-corrected chi connectivity index (χ2v) is 4.42. The second kappa shape index (κ2) is 7.92. The Morgan fingerprint density at radius 1 is 1.47 bits per heavy atom. The third-order valence-electron chi connectivity index (χ3n) is 3.09. The minimum atomic E-state index is -0.194. The lowest BCUT2D eigenvalue weighted by Gasteiger charge is -2.31. The Balaban J connectivity index is 2.17. The Morgan fingerprint density at radius 3 is 2.76 bits per heavy atom. The first kappa shape index (κ1) is 13.8. The third kappa shape index (κ3) is 5.06.